The number of piperazine rings is 1. The van der Waals surface area contributed by atoms with Crippen molar-refractivity contribution in [2.24, 2.45) is 0 Å². The van der Waals surface area contributed by atoms with Gasteiger partial charge in [0.15, 0.2) is 5.83 Å². The van der Waals surface area contributed by atoms with E-state index >= 15 is 0 Å². The Morgan fingerprint density at radius 1 is 1.20 bits per heavy atom. The molecule has 2 saturated heterocycles. The monoisotopic (exact) mass is 646 g/mol. The Hall–Kier alpha value is -4.53. The third kappa shape index (κ3) is 6.98. The number of carbonyl (C=O) groups is 2. The van der Waals surface area contributed by atoms with Gasteiger partial charge in [-0.15, -0.1) is 0 Å². The van der Waals surface area contributed by atoms with Gasteiger partial charge in [-0.25, -0.2) is 4.39 Å². The molecule has 1 amide bonds. The van der Waals surface area contributed by atoms with E-state index in [0.29, 0.717) is 43.2 Å². The van der Waals surface area contributed by atoms with Crippen LogP contribution in [0.1, 0.15) is 42.5 Å². The molecule has 46 heavy (non-hydrogen) atoms. The van der Waals surface area contributed by atoms with E-state index in [2.05, 4.69) is 53.8 Å². The molecule has 2 aliphatic heterocycles. The van der Waals surface area contributed by atoms with Gasteiger partial charge < -0.3 is 24.5 Å². The topological polar surface area (TPSA) is 123 Å². The van der Waals surface area contributed by atoms with Crippen molar-refractivity contribution in [1.82, 2.24) is 19.8 Å². The number of ether oxygens (including phenoxy) is 1. The van der Waals surface area contributed by atoms with Crippen LogP contribution in [0, 0.1) is 11.3 Å². The summed E-state index contributed by atoms with van der Waals surface area (Å²) >= 11 is 6.68. The molecule has 1 aromatic heterocycles. The lowest BCUT2D eigenvalue weighted by atomic mass is 9.88. The summed E-state index contributed by atoms with van der Waals surface area (Å²) in [6, 6.07) is 14.4. The fraction of sp³-hybridized carbons (Fsp3) is 0.382. The molecule has 2 fully saturated rings. The third-order valence-electron chi connectivity index (χ3n) is 8.83. The number of likely N-dealkylation sites (N-methyl/N-ethyl adjacent to an activating group) is 1. The summed E-state index contributed by atoms with van der Waals surface area (Å²) in [6.45, 7) is 5.49. The molecule has 0 saturated carbocycles. The summed E-state index contributed by atoms with van der Waals surface area (Å²) in [4.78, 5) is 36.4. The Kier molecular flexibility index (Phi) is 10.5. The largest absolute Gasteiger partial charge is 0.483 e. The van der Waals surface area contributed by atoms with Crippen molar-refractivity contribution in [3.8, 4) is 12.1 Å². The standard InChI is InChI=1S/C33H34ClFN6O2.CH2O2/c1-21(35)32(42)41-17-16-40(19-24(41)13-14-36)31-27-12-11-23(26-9-3-6-22-7-4-10-28(34)30(22)26)18-29(27)37-33(38-31)43-20-25-8-5-15-39(25)2;2-1-3/h3-4,6-7,9-10,18,24-25H,1,5,8,11-13,15-17,19-20H2,2H3;1H,(H,2,3). The Morgan fingerprint density at radius 3 is 2.65 bits per heavy atom. The molecule has 2 unspecified atom stereocenters. The van der Waals surface area contributed by atoms with E-state index in [9.17, 15) is 14.4 Å². The van der Waals surface area contributed by atoms with Crippen LogP contribution in [-0.2, 0) is 16.0 Å². The minimum atomic E-state index is -1.02. The van der Waals surface area contributed by atoms with Crippen molar-refractivity contribution in [3.63, 3.8) is 0 Å². The number of hydrogen-bond donors (Lipinski definition) is 1. The maximum atomic E-state index is 13.8. The molecule has 3 heterocycles. The second-order valence-electron chi connectivity index (χ2n) is 11.6. The Bertz CT molecular complexity index is 1700. The number of rotatable bonds is 7. The Balaban J connectivity index is 0.00000134. The molecule has 10 nitrogen and oxygen atoms in total. The fourth-order valence-electron chi connectivity index (χ4n) is 6.54. The number of carboxylic acid groups (broad SMARTS) is 1. The number of nitriles is 1. The summed E-state index contributed by atoms with van der Waals surface area (Å²) in [5.41, 5.74) is 4.00. The summed E-state index contributed by atoms with van der Waals surface area (Å²) in [5, 5.41) is 19.2. The van der Waals surface area contributed by atoms with Crippen molar-refractivity contribution in [3.05, 3.63) is 70.6 Å². The third-order valence-corrected chi connectivity index (χ3v) is 9.15. The van der Waals surface area contributed by atoms with Crippen LogP contribution < -0.4 is 9.64 Å². The molecule has 0 radical (unpaired) electrons. The first-order chi connectivity index (χ1) is 22.2. The number of halogens is 2. The molecule has 1 N–H and O–H groups in total. The molecule has 12 heteroatoms. The minimum absolute atomic E-state index is 0.0755. The number of allylic oxidation sites excluding steroid dienone is 1. The van der Waals surface area contributed by atoms with Gasteiger partial charge in [-0.05, 0) is 67.9 Å². The lowest BCUT2D eigenvalue weighted by Crippen LogP contribution is -2.55. The predicted octanol–water partition coefficient (Wildman–Crippen LogP) is 5.36. The van der Waals surface area contributed by atoms with Gasteiger partial charge in [-0.3, -0.25) is 9.59 Å². The van der Waals surface area contributed by atoms with E-state index in [-0.39, 0.29) is 19.4 Å². The van der Waals surface area contributed by atoms with Crippen LogP contribution in [-0.4, -0.2) is 89.2 Å². The molecule has 1 aliphatic carbocycles. The van der Waals surface area contributed by atoms with Gasteiger partial charge in [-0.2, -0.15) is 15.2 Å². The first-order valence-electron chi connectivity index (χ1n) is 15.2. The van der Waals surface area contributed by atoms with Gasteiger partial charge in [0, 0.05) is 41.6 Å². The van der Waals surface area contributed by atoms with E-state index < -0.39 is 17.8 Å². The van der Waals surface area contributed by atoms with E-state index in [1.54, 1.807) is 0 Å². The molecule has 240 valence electrons. The molecule has 3 aliphatic rings. The summed E-state index contributed by atoms with van der Waals surface area (Å²) in [7, 11) is 2.10. The number of aromatic nitrogens is 2. The molecule has 2 atom stereocenters. The highest BCUT2D eigenvalue weighted by Crippen LogP contribution is 2.39. The van der Waals surface area contributed by atoms with Crippen LogP contribution in [0.25, 0.3) is 22.4 Å². The fourth-order valence-corrected chi connectivity index (χ4v) is 6.82. The number of benzene rings is 2. The number of anilines is 1. The van der Waals surface area contributed by atoms with Gasteiger partial charge in [0.25, 0.3) is 12.4 Å². The lowest BCUT2D eigenvalue weighted by molar-refractivity contribution is -0.131. The van der Waals surface area contributed by atoms with Crippen LogP contribution >= 0.6 is 11.6 Å². The normalized spacial score (nSPS) is 19.4. The quantitative estimate of drug-likeness (QED) is 0.267. The first kappa shape index (κ1) is 32.9. The van der Waals surface area contributed by atoms with Crippen LogP contribution in [0.5, 0.6) is 6.01 Å². The number of fused-ring (bicyclic) bond motifs is 2. The van der Waals surface area contributed by atoms with Crippen molar-refractivity contribution >= 4 is 52.2 Å². The number of carbonyl (C=O) groups excluding carboxylic acids is 1. The van der Waals surface area contributed by atoms with Gasteiger partial charge in [0.1, 0.15) is 12.4 Å². The molecule has 0 bridgehead atoms. The summed E-state index contributed by atoms with van der Waals surface area (Å²) in [6.07, 6.45) is 5.85. The molecule has 6 rings (SSSR count). The number of amides is 1. The average Bonchev–Trinajstić information content (AvgIpc) is 3.47. The molecule has 2 aromatic carbocycles. The first-order valence-corrected chi connectivity index (χ1v) is 15.6. The van der Waals surface area contributed by atoms with Crippen LogP contribution in [0.3, 0.4) is 0 Å². The SMILES string of the molecule is C=C(F)C(=O)N1CCN(c2nc(OCC3CCCN3C)nc3c2CCC(c2cccc4cccc(Cl)c24)=C3)CC1CC#N.O=CO. The van der Waals surface area contributed by atoms with Crippen LogP contribution in [0.4, 0.5) is 10.2 Å². The Labute approximate surface area is 272 Å². The van der Waals surface area contributed by atoms with Gasteiger partial charge in [0.05, 0.1) is 24.2 Å². The van der Waals surface area contributed by atoms with Crippen molar-refractivity contribution in [2.75, 3.05) is 44.7 Å². The van der Waals surface area contributed by atoms with Crippen LogP contribution in [0.2, 0.25) is 5.02 Å². The van der Waals surface area contributed by atoms with E-state index in [1.807, 2.05) is 18.2 Å². The lowest BCUT2D eigenvalue weighted by Gasteiger charge is -2.41. The molecular weight excluding hydrogens is 611 g/mol. The number of likely N-dealkylation sites (tertiary alicyclic amines) is 1. The maximum Gasteiger partial charge on any atom is 0.318 e. The molecule has 3 aromatic rings. The van der Waals surface area contributed by atoms with Crippen molar-refractivity contribution < 1.29 is 23.8 Å². The zero-order valence-electron chi connectivity index (χ0n) is 25.7. The highest BCUT2D eigenvalue weighted by Gasteiger charge is 2.34. The minimum Gasteiger partial charge on any atom is -0.483 e. The Morgan fingerprint density at radius 2 is 1.96 bits per heavy atom. The zero-order valence-corrected chi connectivity index (χ0v) is 26.4. The highest BCUT2D eigenvalue weighted by atomic mass is 35.5. The van der Waals surface area contributed by atoms with Gasteiger partial charge in [-0.1, -0.05) is 48.5 Å². The summed E-state index contributed by atoms with van der Waals surface area (Å²) in [5.74, 6) is -1.05. The number of hydrogen-bond acceptors (Lipinski definition) is 8. The zero-order chi connectivity index (χ0) is 32.8. The van der Waals surface area contributed by atoms with E-state index in [1.165, 1.54) is 4.90 Å². The summed E-state index contributed by atoms with van der Waals surface area (Å²) < 4.78 is 20.0. The predicted molar refractivity (Wildman–Crippen MR) is 175 cm³/mol. The van der Waals surface area contributed by atoms with Gasteiger partial charge >= 0.3 is 6.01 Å². The number of nitrogens with zero attached hydrogens (tertiary/aromatic N) is 6. The van der Waals surface area contributed by atoms with Crippen molar-refractivity contribution in [1.29, 1.82) is 5.26 Å². The highest BCUT2D eigenvalue weighted by molar-refractivity contribution is 6.36. The second-order valence-corrected chi connectivity index (χ2v) is 12.0. The van der Waals surface area contributed by atoms with E-state index in [0.717, 1.165) is 64.8 Å². The maximum absolute atomic E-state index is 13.8. The second kappa shape index (κ2) is 14.7. The molecular formula is C34H36ClFN6O4. The average molecular weight is 647 g/mol. The van der Waals surface area contributed by atoms with Crippen molar-refractivity contribution in [2.45, 2.75) is 44.2 Å². The van der Waals surface area contributed by atoms with Gasteiger partial charge in [0.2, 0.25) is 0 Å². The molecule has 0 spiro atoms. The smallest absolute Gasteiger partial charge is 0.318 e. The van der Waals surface area contributed by atoms with Crippen LogP contribution in [0.15, 0.2) is 48.8 Å². The van der Waals surface area contributed by atoms with E-state index in [4.69, 9.17) is 36.2 Å².